The molecule has 8 heteroatoms. The highest BCUT2D eigenvalue weighted by atomic mass is 31.2. The van der Waals surface area contributed by atoms with E-state index in [1.807, 2.05) is 6.92 Å². The number of carbonyl (C=O) groups is 1. The molecule has 0 spiro atoms. The fourth-order valence-corrected chi connectivity index (χ4v) is 4.40. The number of nitrogens with zero attached hydrogens (tertiary/aromatic N) is 1. The number of phosphoric ester groups is 1. The second-order valence-corrected chi connectivity index (χ2v) is 8.80. The molecule has 0 bridgehead atoms. The van der Waals surface area contributed by atoms with Gasteiger partial charge in [0.1, 0.15) is 12.6 Å². The van der Waals surface area contributed by atoms with Gasteiger partial charge < -0.3 is 19.0 Å². The lowest BCUT2D eigenvalue weighted by molar-refractivity contribution is -0.952. The van der Waals surface area contributed by atoms with Gasteiger partial charge in [0.15, 0.2) is 0 Å². The zero-order valence-corrected chi connectivity index (χ0v) is 19.0. The third-order valence-electron chi connectivity index (χ3n) is 5.10. The van der Waals surface area contributed by atoms with Gasteiger partial charge in [-0.2, -0.15) is 0 Å². The second-order valence-electron chi connectivity index (χ2n) is 7.57. The van der Waals surface area contributed by atoms with Gasteiger partial charge in [-0.1, -0.05) is 27.4 Å². The highest BCUT2D eigenvalue weighted by Gasteiger charge is 2.36. The van der Waals surface area contributed by atoms with Crippen LogP contribution in [0, 0.1) is 0 Å². The molecule has 0 saturated heterocycles. The number of quaternary nitrogens is 1. The third-order valence-corrected chi connectivity index (χ3v) is 5.58. The van der Waals surface area contributed by atoms with E-state index in [0.717, 1.165) is 75.1 Å². The fourth-order valence-electron chi connectivity index (χ4n) is 4.03. The minimum absolute atomic E-state index is 0.0403. The Morgan fingerprint density at radius 1 is 1.07 bits per heavy atom. The van der Waals surface area contributed by atoms with Crippen LogP contribution in [0.2, 0.25) is 0 Å². The smallest absolute Gasteiger partial charge is 0.460 e. The van der Waals surface area contributed by atoms with E-state index in [-0.39, 0.29) is 18.8 Å². The van der Waals surface area contributed by atoms with Crippen LogP contribution in [0.25, 0.3) is 0 Å². The topological polar surface area (TPSA) is 93.1 Å². The van der Waals surface area contributed by atoms with E-state index in [1.165, 1.54) is 0 Å². The monoisotopic (exact) mass is 422 g/mol. The van der Waals surface area contributed by atoms with E-state index in [2.05, 4.69) is 27.4 Å². The molecule has 2 unspecified atom stereocenters. The van der Waals surface area contributed by atoms with Crippen molar-refractivity contribution in [3.63, 3.8) is 0 Å². The van der Waals surface area contributed by atoms with Crippen LogP contribution in [0.15, 0.2) is 12.7 Å². The average Bonchev–Trinajstić information content (AvgIpc) is 2.60. The maximum Gasteiger partial charge on any atom is 0.469 e. The molecule has 0 aromatic heterocycles. The van der Waals surface area contributed by atoms with Crippen molar-refractivity contribution in [2.24, 2.45) is 0 Å². The summed E-state index contributed by atoms with van der Waals surface area (Å²) >= 11 is 0. The molecule has 0 aliphatic rings. The fraction of sp³-hybridized carbons (Fsp3) is 0.850. The van der Waals surface area contributed by atoms with Crippen LogP contribution in [-0.2, 0) is 18.6 Å². The molecule has 7 nitrogen and oxygen atoms in total. The van der Waals surface area contributed by atoms with Crippen molar-refractivity contribution in [2.45, 2.75) is 84.8 Å². The number of phosphoric acid groups is 1. The SMILES string of the molecule is C=CC(=O)OC(C)CCCCC(COP(=O)(O)O)[N+](CCC)(CCC)CCC. The number of esters is 1. The van der Waals surface area contributed by atoms with Crippen LogP contribution in [-0.4, -0.2) is 58.6 Å². The van der Waals surface area contributed by atoms with E-state index in [4.69, 9.17) is 9.26 Å². The Bertz CT molecular complexity index is 476. The first-order valence-corrected chi connectivity index (χ1v) is 12.1. The molecule has 0 heterocycles. The molecule has 0 radical (unpaired) electrons. The van der Waals surface area contributed by atoms with Crippen LogP contribution < -0.4 is 0 Å². The highest BCUT2D eigenvalue weighted by Crippen LogP contribution is 2.37. The molecular weight excluding hydrogens is 381 g/mol. The number of unbranched alkanes of at least 4 members (excludes halogenated alkanes) is 1. The van der Waals surface area contributed by atoms with E-state index in [1.54, 1.807) is 0 Å². The number of hydrogen-bond acceptors (Lipinski definition) is 4. The summed E-state index contributed by atoms with van der Waals surface area (Å²) in [7, 11) is -4.50. The lowest BCUT2D eigenvalue weighted by Gasteiger charge is -2.45. The predicted octanol–water partition coefficient (Wildman–Crippen LogP) is 4.19. The quantitative estimate of drug-likeness (QED) is 0.120. The van der Waals surface area contributed by atoms with Crippen molar-refractivity contribution in [1.29, 1.82) is 0 Å². The highest BCUT2D eigenvalue weighted by molar-refractivity contribution is 7.46. The molecule has 0 aliphatic heterocycles. The van der Waals surface area contributed by atoms with Gasteiger partial charge in [0.25, 0.3) is 0 Å². The van der Waals surface area contributed by atoms with Crippen molar-refractivity contribution in [3.8, 4) is 0 Å². The first kappa shape index (κ1) is 27.3. The van der Waals surface area contributed by atoms with E-state index in [9.17, 15) is 19.1 Å². The number of carbonyl (C=O) groups excluding carboxylic acids is 1. The predicted molar refractivity (Wildman–Crippen MR) is 112 cm³/mol. The molecule has 0 amide bonds. The lowest BCUT2D eigenvalue weighted by atomic mass is 10.0. The summed E-state index contributed by atoms with van der Waals surface area (Å²) in [5, 5.41) is 0. The standard InChI is InChI=1S/C20H40NO6P/c1-6-14-21(15-7-2,16-8-3)19(17-26-28(23,24)25)13-11-10-12-18(5)27-20(22)9-4/h9,18-19H,4,6-8,10-17H2,1-3,5H3,(H-,23,24,25)/p+1. The molecule has 166 valence electrons. The summed E-state index contributed by atoms with van der Waals surface area (Å²) in [5.41, 5.74) is 0. The van der Waals surface area contributed by atoms with Crippen molar-refractivity contribution in [2.75, 3.05) is 26.2 Å². The zero-order chi connectivity index (χ0) is 21.6. The summed E-state index contributed by atoms with van der Waals surface area (Å²) in [6, 6.07) is 0.0403. The first-order chi connectivity index (χ1) is 13.1. The van der Waals surface area contributed by atoms with Crippen molar-refractivity contribution < 1.29 is 32.9 Å². The Kier molecular flexibility index (Phi) is 13.9. The summed E-state index contributed by atoms with van der Waals surface area (Å²) < 4.78 is 22.3. The van der Waals surface area contributed by atoms with E-state index >= 15 is 0 Å². The van der Waals surface area contributed by atoms with Gasteiger partial charge in [0.2, 0.25) is 0 Å². The lowest BCUT2D eigenvalue weighted by Crippen LogP contribution is -2.58. The van der Waals surface area contributed by atoms with Crippen molar-refractivity contribution >= 4 is 13.8 Å². The molecule has 0 rings (SSSR count). The van der Waals surface area contributed by atoms with Crippen LogP contribution in [0.4, 0.5) is 0 Å². The van der Waals surface area contributed by atoms with Crippen LogP contribution in [0.1, 0.15) is 72.6 Å². The molecule has 0 aromatic carbocycles. The van der Waals surface area contributed by atoms with E-state index in [0.29, 0.717) is 0 Å². The molecule has 0 saturated carbocycles. The normalized spacial score (nSPS) is 14.5. The Balaban J connectivity index is 5.04. The van der Waals surface area contributed by atoms with Crippen LogP contribution >= 0.6 is 7.82 Å². The second kappa shape index (κ2) is 14.3. The molecule has 28 heavy (non-hydrogen) atoms. The first-order valence-electron chi connectivity index (χ1n) is 10.5. The summed E-state index contributed by atoms with van der Waals surface area (Å²) in [4.78, 5) is 29.7. The van der Waals surface area contributed by atoms with E-state index < -0.39 is 13.8 Å². The molecule has 2 N–H and O–H groups in total. The summed E-state index contributed by atoms with van der Waals surface area (Å²) in [6.45, 7) is 14.7. The van der Waals surface area contributed by atoms with Crippen molar-refractivity contribution in [1.82, 2.24) is 0 Å². The molecule has 0 aromatic rings. The Morgan fingerprint density at radius 2 is 1.57 bits per heavy atom. The van der Waals surface area contributed by atoms with Gasteiger partial charge in [-0.3, -0.25) is 4.52 Å². The maximum atomic E-state index is 11.3. The minimum atomic E-state index is -4.50. The van der Waals surface area contributed by atoms with Gasteiger partial charge in [-0.15, -0.1) is 0 Å². The number of hydrogen-bond donors (Lipinski definition) is 2. The van der Waals surface area contributed by atoms with Gasteiger partial charge in [0.05, 0.1) is 25.7 Å². The Morgan fingerprint density at radius 3 is 2.00 bits per heavy atom. The van der Waals surface area contributed by atoms with Crippen molar-refractivity contribution in [3.05, 3.63) is 12.7 Å². The van der Waals surface area contributed by atoms with Gasteiger partial charge in [0, 0.05) is 12.5 Å². The number of ether oxygens (including phenoxy) is 1. The Hall–Kier alpha value is -0.720. The van der Waals surface area contributed by atoms with Crippen LogP contribution in [0.3, 0.4) is 0 Å². The Labute approximate surface area is 170 Å². The summed E-state index contributed by atoms with van der Waals surface area (Å²) in [5.74, 6) is -0.412. The maximum absolute atomic E-state index is 11.3. The number of rotatable bonds is 17. The molecular formula is C20H41NO6P+. The van der Waals surface area contributed by atoms with Gasteiger partial charge in [-0.05, 0) is 45.4 Å². The van der Waals surface area contributed by atoms with Gasteiger partial charge >= 0.3 is 13.8 Å². The third kappa shape index (κ3) is 11.3. The molecule has 0 aliphatic carbocycles. The average molecular weight is 423 g/mol. The zero-order valence-electron chi connectivity index (χ0n) is 18.1. The largest absolute Gasteiger partial charge is 0.469 e. The molecule has 0 fully saturated rings. The van der Waals surface area contributed by atoms with Gasteiger partial charge in [-0.25, -0.2) is 9.36 Å². The minimum Gasteiger partial charge on any atom is -0.460 e. The molecule has 2 atom stereocenters. The summed E-state index contributed by atoms with van der Waals surface area (Å²) in [6.07, 6.45) is 7.38. The van der Waals surface area contributed by atoms with Crippen LogP contribution in [0.5, 0.6) is 0 Å².